The second-order valence-corrected chi connectivity index (χ2v) is 9.45. The van der Waals surface area contributed by atoms with Gasteiger partial charge in [0.25, 0.3) is 11.8 Å². The van der Waals surface area contributed by atoms with E-state index in [9.17, 15) is 9.59 Å². The van der Waals surface area contributed by atoms with Gasteiger partial charge >= 0.3 is 0 Å². The van der Waals surface area contributed by atoms with Crippen molar-refractivity contribution in [1.82, 2.24) is 14.8 Å². The Morgan fingerprint density at radius 1 is 0.938 bits per heavy atom. The molecule has 0 spiro atoms. The summed E-state index contributed by atoms with van der Waals surface area (Å²) in [7, 11) is 0. The number of aromatic nitrogens is 1. The molecule has 6 nitrogen and oxygen atoms in total. The molecule has 0 aliphatic carbocycles. The van der Waals surface area contributed by atoms with Crippen molar-refractivity contribution in [3.63, 3.8) is 0 Å². The minimum Gasteiger partial charge on any atom is -0.368 e. The van der Waals surface area contributed by atoms with Gasteiger partial charge in [0.15, 0.2) is 0 Å². The van der Waals surface area contributed by atoms with Crippen LogP contribution >= 0.6 is 11.3 Å². The fraction of sp³-hybridized carbons (Fsp3) is 0.320. The summed E-state index contributed by atoms with van der Waals surface area (Å²) in [6.45, 7) is 8.22. The molecular formula is C25H26N4O2S. The highest BCUT2D eigenvalue weighted by molar-refractivity contribution is 7.10. The Balaban J connectivity index is 1.37. The molecular weight excluding hydrogens is 420 g/mol. The van der Waals surface area contributed by atoms with E-state index in [4.69, 9.17) is 0 Å². The molecule has 3 heterocycles. The zero-order valence-electron chi connectivity index (χ0n) is 18.3. The van der Waals surface area contributed by atoms with Crippen molar-refractivity contribution in [3.8, 4) is 11.3 Å². The number of hydrogen-bond donors (Lipinski definition) is 0. The molecule has 0 bridgehead atoms. The molecule has 0 atom stereocenters. The summed E-state index contributed by atoms with van der Waals surface area (Å²) in [5.41, 5.74) is 3.80. The van der Waals surface area contributed by atoms with Crippen molar-refractivity contribution < 1.29 is 9.59 Å². The number of nitrogens with zero attached hydrogens (tertiary/aromatic N) is 4. The van der Waals surface area contributed by atoms with Crippen LogP contribution in [0.5, 0.6) is 0 Å². The van der Waals surface area contributed by atoms with Crippen LogP contribution in [0.2, 0.25) is 0 Å². The lowest BCUT2D eigenvalue weighted by molar-refractivity contribution is 0.0642. The maximum absolute atomic E-state index is 13.4. The monoisotopic (exact) mass is 446 g/mol. The van der Waals surface area contributed by atoms with E-state index in [0.29, 0.717) is 17.2 Å². The van der Waals surface area contributed by atoms with Gasteiger partial charge in [-0.2, -0.15) is 0 Å². The van der Waals surface area contributed by atoms with Crippen molar-refractivity contribution in [2.45, 2.75) is 26.4 Å². The number of hydrogen-bond acceptors (Lipinski definition) is 6. The van der Waals surface area contributed by atoms with Crippen LogP contribution < -0.4 is 4.90 Å². The van der Waals surface area contributed by atoms with Crippen molar-refractivity contribution in [2.24, 2.45) is 0 Å². The molecule has 0 saturated carbocycles. The first-order chi connectivity index (χ1) is 15.5. The molecule has 2 aliphatic rings. The van der Waals surface area contributed by atoms with Gasteiger partial charge in [0.05, 0.1) is 29.1 Å². The van der Waals surface area contributed by atoms with E-state index >= 15 is 0 Å². The number of anilines is 1. The molecule has 2 aromatic carbocycles. The lowest BCUT2D eigenvalue weighted by Crippen LogP contribution is -2.49. The van der Waals surface area contributed by atoms with E-state index < -0.39 is 0 Å². The average Bonchev–Trinajstić information content (AvgIpc) is 3.39. The number of rotatable bonds is 5. The summed E-state index contributed by atoms with van der Waals surface area (Å²) < 4.78 is 0. The van der Waals surface area contributed by atoms with Crippen LogP contribution in [-0.4, -0.2) is 58.8 Å². The highest BCUT2D eigenvalue weighted by atomic mass is 32.1. The summed E-state index contributed by atoms with van der Waals surface area (Å²) in [6, 6.07) is 16.1. The Kier molecular flexibility index (Phi) is 5.53. The normalized spacial score (nSPS) is 16.8. The zero-order chi connectivity index (χ0) is 22.2. The maximum Gasteiger partial charge on any atom is 0.264 e. The topological polar surface area (TPSA) is 56.8 Å². The van der Waals surface area contributed by atoms with Crippen LogP contribution in [0.25, 0.3) is 11.3 Å². The largest absolute Gasteiger partial charge is 0.368 e. The highest BCUT2D eigenvalue weighted by Crippen LogP contribution is 2.34. The van der Waals surface area contributed by atoms with E-state index in [1.54, 1.807) is 6.07 Å². The van der Waals surface area contributed by atoms with Gasteiger partial charge in [0, 0.05) is 43.2 Å². The number of imide groups is 1. The summed E-state index contributed by atoms with van der Waals surface area (Å²) >= 11 is 1.48. The number of fused-ring (bicyclic) bond motifs is 1. The van der Waals surface area contributed by atoms with Gasteiger partial charge in [0.1, 0.15) is 5.01 Å². The molecule has 164 valence electrons. The zero-order valence-corrected chi connectivity index (χ0v) is 19.1. The first-order valence-electron chi connectivity index (χ1n) is 11.0. The Morgan fingerprint density at radius 2 is 1.69 bits per heavy atom. The standard InChI is InChI=1S/C25H26N4O2S/c1-17(2)27-11-13-28(14-12-27)21-10-6-9-19-23(21)25(31)29(24(19)30)15-22-26-20(16-32-22)18-7-4-3-5-8-18/h3-10,16-17H,11-15H2,1-2H3. The Morgan fingerprint density at radius 3 is 2.41 bits per heavy atom. The Bertz CT molecular complexity index is 1150. The number of carbonyl (C=O) groups is 2. The van der Waals surface area contributed by atoms with Crippen LogP contribution in [0.4, 0.5) is 5.69 Å². The smallest absolute Gasteiger partial charge is 0.264 e. The summed E-state index contributed by atoms with van der Waals surface area (Å²) in [6.07, 6.45) is 0. The maximum atomic E-state index is 13.4. The molecule has 0 unspecified atom stereocenters. The lowest BCUT2D eigenvalue weighted by Gasteiger charge is -2.38. The number of benzene rings is 2. The molecule has 0 N–H and O–H groups in total. The van der Waals surface area contributed by atoms with Crippen LogP contribution in [0.3, 0.4) is 0 Å². The van der Waals surface area contributed by atoms with Gasteiger partial charge in [-0.1, -0.05) is 36.4 Å². The molecule has 2 amide bonds. The number of thiazole rings is 1. The summed E-state index contributed by atoms with van der Waals surface area (Å²) in [4.78, 5) is 37.2. The van der Waals surface area contributed by atoms with E-state index in [-0.39, 0.29) is 18.4 Å². The Hall–Kier alpha value is -3.03. The molecule has 2 aliphatic heterocycles. The van der Waals surface area contributed by atoms with E-state index in [0.717, 1.165) is 48.1 Å². The number of carbonyl (C=O) groups excluding carboxylic acids is 2. The first kappa shape index (κ1) is 20.8. The first-order valence-corrected chi connectivity index (χ1v) is 11.9. The molecule has 3 aromatic rings. The molecule has 1 saturated heterocycles. The molecule has 7 heteroatoms. The summed E-state index contributed by atoms with van der Waals surface area (Å²) in [5.74, 6) is -0.451. The van der Waals surface area contributed by atoms with Crippen LogP contribution in [-0.2, 0) is 6.54 Å². The molecule has 32 heavy (non-hydrogen) atoms. The third-order valence-electron chi connectivity index (χ3n) is 6.28. The van der Waals surface area contributed by atoms with Crippen LogP contribution in [0.1, 0.15) is 39.6 Å². The molecule has 0 radical (unpaired) electrons. The molecule has 1 aromatic heterocycles. The van der Waals surface area contributed by atoms with Crippen molar-refractivity contribution in [3.05, 3.63) is 70.0 Å². The van der Waals surface area contributed by atoms with Gasteiger partial charge < -0.3 is 4.90 Å². The minimum absolute atomic E-state index is 0.199. The van der Waals surface area contributed by atoms with Crippen LogP contribution in [0.15, 0.2) is 53.9 Å². The van der Waals surface area contributed by atoms with Gasteiger partial charge in [-0.3, -0.25) is 19.4 Å². The second kappa shape index (κ2) is 8.48. The van der Waals surface area contributed by atoms with Gasteiger partial charge in [-0.15, -0.1) is 11.3 Å². The van der Waals surface area contributed by atoms with E-state index in [1.807, 2.05) is 47.8 Å². The fourth-order valence-electron chi connectivity index (χ4n) is 4.46. The lowest BCUT2D eigenvalue weighted by atomic mass is 10.1. The van der Waals surface area contributed by atoms with Crippen molar-refractivity contribution >= 4 is 28.8 Å². The third kappa shape index (κ3) is 3.72. The quantitative estimate of drug-likeness (QED) is 0.552. The predicted octanol–water partition coefficient (Wildman–Crippen LogP) is 4.14. The minimum atomic E-state index is -0.232. The highest BCUT2D eigenvalue weighted by Gasteiger charge is 2.39. The van der Waals surface area contributed by atoms with Gasteiger partial charge in [0.2, 0.25) is 0 Å². The van der Waals surface area contributed by atoms with Crippen molar-refractivity contribution in [2.75, 3.05) is 31.1 Å². The second-order valence-electron chi connectivity index (χ2n) is 8.51. The Labute approximate surface area is 192 Å². The predicted molar refractivity (Wildman–Crippen MR) is 127 cm³/mol. The third-order valence-corrected chi connectivity index (χ3v) is 7.11. The fourth-order valence-corrected chi connectivity index (χ4v) is 5.25. The van der Waals surface area contributed by atoms with E-state index in [2.05, 4.69) is 28.6 Å². The molecule has 5 rings (SSSR count). The number of amides is 2. The van der Waals surface area contributed by atoms with Gasteiger partial charge in [-0.25, -0.2) is 4.98 Å². The van der Waals surface area contributed by atoms with Crippen molar-refractivity contribution in [1.29, 1.82) is 0 Å². The SMILES string of the molecule is CC(C)N1CCN(c2cccc3c2C(=O)N(Cc2nc(-c4ccccc4)cs2)C3=O)CC1. The number of piperazine rings is 1. The van der Waals surface area contributed by atoms with E-state index in [1.165, 1.54) is 16.2 Å². The van der Waals surface area contributed by atoms with Crippen LogP contribution in [0, 0.1) is 0 Å². The average molecular weight is 447 g/mol. The molecule has 1 fully saturated rings. The summed E-state index contributed by atoms with van der Waals surface area (Å²) in [5, 5.41) is 2.73. The van der Waals surface area contributed by atoms with Gasteiger partial charge in [-0.05, 0) is 26.0 Å².